The average Bonchev–Trinajstić information content (AvgIpc) is 1.99. The highest BCUT2D eigenvalue weighted by Crippen LogP contribution is 1.90. The van der Waals surface area contributed by atoms with Crippen LogP contribution < -0.4 is 5.32 Å². The first-order valence-corrected chi connectivity index (χ1v) is 2.83. The number of amides is 1. The normalized spacial score (nSPS) is 8.60. The molecule has 0 fully saturated rings. The molecule has 0 aromatic heterocycles. The van der Waals surface area contributed by atoms with E-state index < -0.39 is 0 Å². The van der Waals surface area contributed by atoms with Gasteiger partial charge in [0.05, 0.1) is 13.5 Å². The Morgan fingerprint density at radius 1 is 1.50 bits per heavy atom. The Kier molecular flexibility index (Phi) is 4.28. The number of carbonyl (C=O) groups is 2. The Morgan fingerprint density at radius 3 is 2.50 bits per heavy atom. The predicted octanol–water partition coefficient (Wildman–Crippen LogP) is -0.153. The summed E-state index contributed by atoms with van der Waals surface area (Å²) in [6, 6.07) is 0. The molecular weight excluding hydrogens is 134 g/mol. The van der Waals surface area contributed by atoms with Crippen LogP contribution in [0.4, 0.5) is 0 Å². The molecule has 1 amide bonds. The molecule has 57 valence electrons. The van der Waals surface area contributed by atoms with Crippen molar-refractivity contribution in [2.75, 3.05) is 7.11 Å². The summed E-state index contributed by atoms with van der Waals surface area (Å²) in [4.78, 5) is 20.9. The molecular formula is C6H10NO3. The number of esters is 1. The lowest BCUT2D eigenvalue weighted by atomic mass is 10.3. The van der Waals surface area contributed by atoms with E-state index in [2.05, 4.69) is 17.1 Å². The molecule has 4 nitrogen and oxygen atoms in total. The summed E-state index contributed by atoms with van der Waals surface area (Å²) < 4.78 is 4.31. The van der Waals surface area contributed by atoms with Crippen LogP contribution in [-0.4, -0.2) is 19.0 Å². The quantitative estimate of drug-likeness (QED) is 0.560. The zero-order valence-corrected chi connectivity index (χ0v) is 5.85. The molecule has 0 rings (SSSR count). The molecule has 0 aromatic carbocycles. The molecule has 0 aliphatic rings. The van der Waals surface area contributed by atoms with Crippen molar-refractivity contribution in [1.29, 1.82) is 0 Å². The van der Waals surface area contributed by atoms with Crippen LogP contribution >= 0.6 is 0 Å². The summed E-state index contributed by atoms with van der Waals surface area (Å²) in [5.41, 5.74) is 0. The Labute approximate surface area is 59.6 Å². The van der Waals surface area contributed by atoms with Crippen LogP contribution in [0.1, 0.15) is 12.8 Å². The third-order valence-corrected chi connectivity index (χ3v) is 0.981. The van der Waals surface area contributed by atoms with E-state index in [0.717, 1.165) is 0 Å². The summed E-state index contributed by atoms with van der Waals surface area (Å²) >= 11 is 0. The van der Waals surface area contributed by atoms with E-state index in [9.17, 15) is 9.59 Å². The lowest BCUT2D eigenvalue weighted by Gasteiger charge is -1.96. The molecule has 0 atom stereocenters. The van der Waals surface area contributed by atoms with Crippen LogP contribution in [0.5, 0.6) is 0 Å². The molecule has 10 heavy (non-hydrogen) atoms. The SMILES string of the molecule is [CH2]NC(=O)CCC(=O)OC. The van der Waals surface area contributed by atoms with E-state index in [1.165, 1.54) is 7.11 Å². The van der Waals surface area contributed by atoms with Crippen molar-refractivity contribution in [2.45, 2.75) is 12.8 Å². The Hall–Kier alpha value is -1.06. The zero-order chi connectivity index (χ0) is 7.98. The van der Waals surface area contributed by atoms with Gasteiger partial charge >= 0.3 is 5.97 Å². The number of rotatable bonds is 3. The molecule has 0 aromatic rings. The van der Waals surface area contributed by atoms with Gasteiger partial charge in [-0.05, 0) is 0 Å². The van der Waals surface area contributed by atoms with Crippen molar-refractivity contribution in [1.82, 2.24) is 5.32 Å². The molecule has 0 spiro atoms. The number of carbonyl (C=O) groups excluding carboxylic acids is 2. The minimum Gasteiger partial charge on any atom is -0.469 e. The second-order valence-electron chi connectivity index (χ2n) is 1.68. The number of hydrogen-bond acceptors (Lipinski definition) is 3. The van der Waals surface area contributed by atoms with E-state index in [4.69, 9.17) is 0 Å². The van der Waals surface area contributed by atoms with Crippen molar-refractivity contribution in [3.63, 3.8) is 0 Å². The highest BCUT2D eigenvalue weighted by molar-refractivity contribution is 5.81. The third-order valence-electron chi connectivity index (χ3n) is 0.981. The van der Waals surface area contributed by atoms with Gasteiger partial charge in [-0.15, -0.1) is 0 Å². The predicted molar refractivity (Wildman–Crippen MR) is 34.7 cm³/mol. The van der Waals surface area contributed by atoms with Crippen molar-refractivity contribution in [2.24, 2.45) is 0 Å². The minimum atomic E-state index is -0.386. The monoisotopic (exact) mass is 144 g/mol. The van der Waals surface area contributed by atoms with Gasteiger partial charge in [-0.3, -0.25) is 9.59 Å². The van der Waals surface area contributed by atoms with Gasteiger partial charge in [-0.2, -0.15) is 0 Å². The molecule has 4 heteroatoms. The zero-order valence-electron chi connectivity index (χ0n) is 5.85. The first kappa shape index (κ1) is 8.94. The van der Waals surface area contributed by atoms with Crippen molar-refractivity contribution < 1.29 is 14.3 Å². The smallest absolute Gasteiger partial charge is 0.306 e. The van der Waals surface area contributed by atoms with Gasteiger partial charge in [0.1, 0.15) is 0 Å². The standard InChI is InChI=1S/C6H10NO3/c1-7-5(8)3-4-6(9)10-2/h1,3-4H2,2H3,(H,7,8). The number of nitrogens with one attached hydrogen (secondary N) is 1. The second-order valence-corrected chi connectivity index (χ2v) is 1.68. The first-order valence-electron chi connectivity index (χ1n) is 2.83. The molecule has 0 saturated carbocycles. The van der Waals surface area contributed by atoms with Gasteiger partial charge in [0, 0.05) is 13.5 Å². The molecule has 1 radical (unpaired) electrons. The van der Waals surface area contributed by atoms with Gasteiger partial charge in [0.25, 0.3) is 0 Å². The Bertz CT molecular complexity index is 117. The van der Waals surface area contributed by atoms with Crippen molar-refractivity contribution >= 4 is 11.9 Å². The number of ether oxygens (including phenoxy) is 1. The molecule has 0 aliphatic heterocycles. The summed E-state index contributed by atoms with van der Waals surface area (Å²) in [7, 11) is 4.42. The summed E-state index contributed by atoms with van der Waals surface area (Å²) in [6.07, 6.45) is 0.244. The summed E-state index contributed by atoms with van der Waals surface area (Å²) in [5.74, 6) is -0.644. The maximum absolute atomic E-state index is 10.5. The maximum atomic E-state index is 10.5. The topological polar surface area (TPSA) is 55.4 Å². The van der Waals surface area contributed by atoms with Gasteiger partial charge in [0.2, 0.25) is 5.91 Å². The Morgan fingerprint density at radius 2 is 2.10 bits per heavy atom. The minimum absolute atomic E-state index is 0.109. The first-order chi connectivity index (χ1) is 4.70. The van der Waals surface area contributed by atoms with Gasteiger partial charge in [-0.25, -0.2) is 0 Å². The fourth-order valence-corrected chi connectivity index (χ4v) is 0.406. The van der Waals surface area contributed by atoms with E-state index in [-0.39, 0.29) is 24.7 Å². The van der Waals surface area contributed by atoms with Crippen LogP contribution in [0.15, 0.2) is 0 Å². The van der Waals surface area contributed by atoms with Crippen LogP contribution in [0, 0.1) is 7.05 Å². The number of hydrogen-bond donors (Lipinski definition) is 1. The van der Waals surface area contributed by atoms with Gasteiger partial charge < -0.3 is 10.1 Å². The second kappa shape index (κ2) is 4.78. The molecule has 0 saturated heterocycles. The van der Waals surface area contributed by atoms with Gasteiger partial charge in [-0.1, -0.05) is 0 Å². The van der Waals surface area contributed by atoms with E-state index in [0.29, 0.717) is 0 Å². The largest absolute Gasteiger partial charge is 0.469 e. The molecule has 0 unspecified atom stereocenters. The third kappa shape index (κ3) is 3.88. The molecule has 0 aliphatic carbocycles. The molecule has 0 heterocycles. The van der Waals surface area contributed by atoms with Crippen molar-refractivity contribution in [3.05, 3.63) is 7.05 Å². The van der Waals surface area contributed by atoms with Gasteiger partial charge in [0.15, 0.2) is 0 Å². The summed E-state index contributed by atoms with van der Waals surface area (Å²) in [5, 5.41) is 2.15. The highest BCUT2D eigenvalue weighted by atomic mass is 16.5. The van der Waals surface area contributed by atoms with E-state index >= 15 is 0 Å². The average molecular weight is 144 g/mol. The number of methoxy groups -OCH3 is 1. The molecule has 0 bridgehead atoms. The fourth-order valence-electron chi connectivity index (χ4n) is 0.406. The Balaban J connectivity index is 3.35. The highest BCUT2D eigenvalue weighted by Gasteiger charge is 2.03. The van der Waals surface area contributed by atoms with Crippen LogP contribution in [-0.2, 0) is 14.3 Å². The molecule has 1 N–H and O–H groups in total. The lowest BCUT2D eigenvalue weighted by molar-refractivity contribution is -0.142. The maximum Gasteiger partial charge on any atom is 0.306 e. The van der Waals surface area contributed by atoms with Crippen LogP contribution in [0.25, 0.3) is 0 Å². The van der Waals surface area contributed by atoms with Crippen LogP contribution in [0.2, 0.25) is 0 Å². The van der Waals surface area contributed by atoms with Crippen LogP contribution in [0.3, 0.4) is 0 Å². The fraction of sp³-hybridized carbons (Fsp3) is 0.500. The van der Waals surface area contributed by atoms with E-state index in [1.807, 2.05) is 0 Å². The lowest BCUT2D eigenvalue weighted by Crippen LogP contribution is -2.16. The van der Waals surface area contributed by atoms with Crippen molar-refractivity contribution in [3.8, 4) is 0 Å². The van der Waals surface area contributed by atoms with E-state index in [1.54, 1.807) is 0 Å². The summed E-state index contributed by atoms with van der Waals surface area (Å²) in [6.45, 7) is 0.